The Hall–Kier alpha value is -1.93. The van der Waals surface area contributed by atoms with Crippen molar-refractivity contribution in [2.75, 3.05) is 0 Å². The smallest absolute Gasteiger partial charge is 0.320 e. The zero-order valence-corrected chi connectivity index (χ0v) is 11.0. The van der Waals surface area contributed by atoms with Crippen molar-refractivity contribution < 1.29 is 14.3 Å². The van der Waals surface area contributed by atoms with Crippen molar-refractivity contribution in [2.24, 2.45) is 5.92 Å². The molecule has 0 saturated carbocycles. The number of hydrogen-bond acceptors (Lipinski definition) is 3. The number of nitriles is 1. The molecule has 0 fully saturated rings. The molecule has 4 nitrogen and oxygen atoms in total. The number of hydrogen-bond donors (Lipinski definition) is 2. The van der Waals surface area contributed by atoms with Crippen LogP contribution in [0.2, 0.25) is 0 Å². The van der Waals surface area contributed by atoms with Crippen molar-refractivity contribution in [2.45, 2.75) is 32.9 Å². The number of aliphatic carboxylic acids is 1. The van der Waals surface area contributed by atoms with E-state index >= 15 is 0 Å². The molecular formula is C14H17FN2O2. The van der Waals surface area contributed by atoms with Crippen LogP contribution in [0.3, 0.4) is 0 Å². The lowest BCUT2D eigenvalue weighted by atomic mass is 10.0. The highest BCUT2D eigenvalue weighted by atomic mass is 19.1. The van der Waals surface area contributed by atoms with Crippen LogP contribution in [-0.4, -0.2) is 17.1 Å². The van der Waals surface area contributed by atoms with Gasteiger partial charge < -0.3 is 10.4 Å². The van der Waals surface area contributed by atoms with Crippen molar-refractivity contribution >= 4 is 5.97 Å². The third-order valence-electron chi connectivity index (χ3n) is 2.74. The average molecular weight is 264 g/mol. The van der Waals surface area contributed by atoms with Gasteiger partial charge in [-0.05, 0) is 18.4 Å². The molecule has 2 N–H and O–H groups in total. The standard InChI is InChI=1S/C14H17FN2O2/c1-9(2)6-12(14(18)19)17-8-11-5-3-4-10(7-16)13(11)15/h3-5,9,12,17H,6,8H2,1-2H3,(H,18,19). The summed E-state index contributed by atoms with van der Waals surface area (Å²) in [4.78, 5) is 11.1. The van der Waals surface area contributed by atoms with Crippen LogP contribution >= 0.6 is 0 Å². The molecule has 1 atom stereocenters. The molecule has 1 unspecified atom stereocenters. The molecule has 1 aromatic rings. The van der Waals surface area contributed by atoms with Gasteiger partial charge in [0.2, 0.25) is 0 Å². The molecule has 0 amide bonds. The van der Waals surface area contributed by atoms with E-state index in [1.165, 1.54) is 12.1 Å². The number of benzene rings is 1. The predicted molar refractivity (Wildman–Crippen MR) is 68.8 cm³/mol. The Bertz CT molecular complexity index is 495. The summed E-state index contributed by atoms with van der Waals surface area (Å²) in [7, 11) is 0. The lowest BCUT2D eigenvalue weighted by molar-refractivity contribution is -0.140. The Morgan fingerprint density at radius 3 is 2.74 bits per heavy atom. The van der Waals surface area contributed by atoms with E-state index in [0.717, 1.165) is 0 Å². The second-order valence-electron chi connectivity index (χ2n) is 4.79. The molecule has 0 bridgehead atoms. The van der Waals surface area contributed by atoms with Crippen LogP contribution in [0.5, 0.6) is 0 Å². The highest BCUT2D eigenvalue weighted by Gasteiger charge is 2.19. The quantitative estimate of drug-likeness (QED) is 0.826. The Balaban J connectivity index is 2.75. The number of rotatable bonds is 6. The minimum atomic E-state index is -0.953. The summed E-state index contributed by atoms with van der Waals surface area (Å²) in [5.41, 5.74) is 0.268. The summed E-state index contributed by atoms with van der Waals surface area (Å²) in [6.07, 6.45) is 0.467. The number of carboxylic acids is 1. The van der Waals surface area contributed by atoms with Gasteiger partial charge in [-0.15, -0.1) is 0 Å². The van der Waals surface area contributed by atoms with Crippen molar-refractivity contribution in [1.82, 2.24) is 5.32 Å². The van der Waals surface area contributed by atoms with E-state index in [0.29, 0.717) is 12.0 Å². The molecule has 102 valence electrons. The lowest BCUT2D eigenvalue weighted by Crippen LogP contribution is -2.37. The molecule has 0 heterocycles. The molecule has 0 aliphatic carbocycles. The van der Waals surface area contributed by atoms with Gasteiger partial charge in [0.25, 0.3) is 0 Å². The van der Waals surface area contributed by atoms with Gasteiger partial charge in [0.05, 0.1) is 5.56 Å². The van der Waals surface area contributed by atoms with Crippen molar-refractivity contribution in [3.05, 3.63) is 35.1 Å². The fourth-order valence-corrected chi connectivity index (χ4v) is 1.78. The van der Waals surface area contributed by atoms with Crippen LogP contribution in [0.25, 0.3) is 0 Å². The van der Waals surface area contributed by atoms with Gasteiger partial charge in [-0.1, -0.05) is 26.0 Å². The largest absolute Gasteiger partial charge is 0.480 e. The van der Waals surface area contributed by atoms with E-state index in [-0.39, 0.29) is 18.0 Å². The Morgan fingerprint density at radius 1 is 1.53 bits per heavy atom. The summed E-state index contributed by atoms with van der Waals surface area (Å²) in [5.74, 6) is -1.32. The minimum absolute atomic E-state index is 0.0324. The number of nitrogens with zero attached hydrogens (tertiary/aromatic N) is 1. The maximum Gasteiger partial charge on any atom is 0.320 e. The van der Waals surface area contributed by atoms with E-state index in [1.807, 2.05) is 13.8 Å². The average Bonchev–Trinajstić information content (AvgIpc) is 2.35. The molecular weight excluding hydrogens is 247 g/mol. The topological polar surface area (TPSA) is 73.1 Å². The zero-order chi connectivity index (χ0) is 14.4. The second-order valence-corrected chi connectivity index (χ2v) is 4.79. The van der Waals surface area contributed by atoms with Crippen LogP contribution in [0, 0.1) is 23.1 Å². The molecule has 1 rings (SSSR count). The number of carbonyl (C=O) groups is 1. The second kappa shape index (κ2) is 6.86. The van der Waals surface area contributed by atoms with E-state index < -0.39 is 17.8 Å². The number of carboxylic acid groups (broad SMARTS) is 1. The molecule has 0 aliphatic heterocycles. The SMILES string of the molecule is CC(C)CC(NCc1cccc(C#N)c1F)C(=O)O. The zero-order valence-electron chi connectivity index (χ0n) is 11.0. The van der Waals surface area contributed by atoms with E-state index in [4.69, 9.17) is 10.4 Å². The molecule has 1 aromatic carbocycles. The summed E-state index contributed by atoms with van der Waals surface area (Å²) >= 11 is 0. The van der Waals surface area contributed by atoms with Crippen molar-refractivity contribution in [3.63, 3.8) is 0 Å². The Kier molecular flexibility index (Phi) is 5.46. The fraction of sp³-hybridized carbons (Fsp3) is 0.429. The molecule has 0 radical (unpaired) electrons. The summed E-state index contributed by atoms with van der Waals surface area (Å²) < 4.78 is 13.8. The van der Waals surface area contributed by atoms with Gasteiger partial charge in [-0.25, -0.2) is 4.39 Å². The monoisotopic (exact) mass is 264 g/mol. The first-order chi connectivity index (χ1) is 8.95. The minimum Gasteiger partial charge on any atom is -0.480 e. The van der Waals surface area contributed by atoms with Crippen LogP contribution in [0.1, 0.15) is 31.4 Å². The predicted octanol–water partition coefficient (Wildman–Crippen LogP) is 2.29. The lowest BCUT2D eigenvalue weighted by Gasteiger charge is -2.16. The van der Waals surface area contributed by atoms with E-state index in [1.54, 1.807) is 12.1 Å². The van der Waals surface area contributed by atoms with Gasteiger partial charge in [-0.3, -0.25) is 4.79 Å². The summed E-state index contributed by atoms with van der Waals surface area (Å²) in [6.45, 7) is 3.94. The van der Waals surface area contributed by atoms with Gasteiger partial charge in [0, 0.05) is 12.1 Å². The summed E-state index contributed by atoms with van der Waals surface area (Å²) in [6, 6.07) is 5.55. The van der Waals surface area contributed by atoms with Crippen LogP contribution in [0.4, 0.5) is 4.39 Å². The van der Waals surface area contributed by atoms with Gasteiger partial charge in [-0.2, -0.15) is 5.26 Å². The number of halogens is 1. The Morgan fingerprint density at radius 2 is 2.21 bits per heavy atom. The highest BCUT2D eigenvalue weighted by molar-refractivity contribution is 5.73. The van der Waals surface area contributed by atoms with Gasteiger partial charge in [0.1, 0.15) is 17.9 Å². The normalized spacial score (nSPS) is 12.2. The highest BCUT2D eigenvalue weighted by Crippen LogP contribution is 2.13. The number of nitrogens with one attached hydrogen (secondary N) is 1. The van der Waals surface area contributed by atoms with E-state index in [2.05, 4.69) is 5.32 Å². The van der Waals surface area contributed by atoms with Gasteiger partial charge >= 0.3 is 5.97 Å². The molecule has 0 aliphatic rings. The molecule has 0 saturated heterocycles. The van der Waals surface area contributed by atoms with E-state index in [9.17, 15) is 9.18 Å². The van der Waals surface area contributed by atoms with Gasteiger partial charge in [0.15, 0.2) is 0 Å². The molecule has 19 heavy (non-hydrogen) atoms. The van der Waals surface area contributed by atoms with Crippen LogP contribution in [0.15, 0.2) is 18.2 Å². The molecule has 0 aromatic heterocycles. The van der Waals surface area contributed by atoms with Crippen molar-refractivity contribution in [3.8, 4) is 6.07 Å². The first kappa shape index (κ1) is 15.1. The van der Waals surface area contributed by atoms with Crippen molar-refractivity contribution in [1.29, 1.82) is 5.26 Å². The van der Waals surface area contributed by atoms with Crippen LogP contribution in [-0.2, 0) is 11.3 Å². The summed E-state index contributed by atoms with van der Waals surface area (Å²) in [5, 5.41) is 20.6. The Labute approximate surface area is 111 Å². The first-order valence-electron chi connectivity index (χ1n) is 6.09. The molecule has 0 spiro atoms. The maximum absolute atomic E-state index is 13.8. The fourth-order valence-electron chi connectivity index (χ4n) is 1.78. The molecule has 5 heteroatoms. The van der Waals surface area contributed by atoms with Crippen LogP contribution < -0.4 is 5.32 Å². The third-order valence-corrected chi connectivity index (χ3v) is 2.74. The third kappa shape index (κ3) is 4.34. The maximum atomic E-state index is 13.8. The first-order valence-corrected chi connectivity index (χ1v) is 6.09.